The second-order valence-corrected chi connectivity index (χ2v) is 4.75. The van der Waals surface area contributed by atoms with Crippen molar-refractivity contribution >= 4 is 27.5 Å². The molecule has 1 amide bonds. The van der Waals surface area contributed by atoms with Crippen LogP contribution < -0.4 is 5.32 Å². The third kappa shape index (κ3) is 3.19. The molecule has 0 radical (unpaired) electrons. The van der Waals surface area contributed by atoms with Gasteiger partial charge in [-0.25, -0.2) is 4.39 Å². The zero-order chi connectivity index (χ0) is 13.8. The number of para-hydroxylation sites is 1. The summed E-state index contributed by atoms with van der Waals surface area (Å²) in [5.74, 6) is -0.785. The average molecular weight is 324 g/mol. The van der Waals surface area contributed by atoms with Gasteiger partial charge in [-0.15, -0.1) is 0 Å². The molecule has 0 saturated carbocycles. The first-order valence-corrected chi connectivity index (χ1v) is 6.36. The van der Waals surface area contributed by atoms with Crippen molar-refractivity contribution in [3.63, 3.8) is 0 Å². The predicted octanol–water partition coefficient (Wildman–Crippen LogP) is 3.33. The quantitative estimate of drug-likeness (QED) is 0.910. The lowest BCUT2D eigenvalue weighted by molar-refractivity contribution is 0.102. The summed E-state index contributed by atoms with van der Waals surface area (Å²) in [7, 11) is 0. The molecule has 0 bridgehead atoms. The molecule has 0 aliphatic carbocycles. The number of halogens is 2. The number of carbonyl (C=O) groups is 1. The number of nitrogens with one attached hydrogen (secondary N) is 1. The SMILES string of the molecule is O=C(Nc1ccccc1CO)c1ccc(F)cc1Br. The van der Waals surface area contributed by atoms with E-state index in [1.807, 2.05) is 0 Å². The van der Waals surface area contributed by atoms with Crippen LogP contribution in [0.5, 0.6) is 0 Å². The van der Waals surface area contributed by atoms with Crippen LogP contribution in [0, 0.1) is 5.82 Å². The summed E-state index contributed by atoms with van der Waals surface area (Å²) in [5.41, 5.74) is 1.48. The number of anilines is 1. The fourth-order valence-corrected chi connectivity index (χ4v) is 2.17. The van der Waals surface area contributed by atoms with E-state index in [4.69, 9.17) is 0 Å². The van der Waals surface area contributed by atoms with E-state index in [0.29, 0.717) is 21.3 Å². The molecule has 2 aromatic carbocycles. The molecule has 2 N–H and O–H groups in total. The lowest BCUT2D eigenvalue weighted by Gasteiger charge is -2.10. The van der Waals surface area contributed by atoms with Crippen LogP contribution in [-0.2, 0) is 6.61 Å². The highest BCUT2D eigenvalue weighted by molar-refractivity contribution is 9.10. The van der Waals surface area contributed by atoms with E-state index < -0.39 is 5.82 Å². The van der Waals surface area contributed by atoms with Gasteiger partial charge in [0.05, 0.1) is 12.2 Å². The molecule has 0 atom stereocenters. The van der Waals surface area contributed by atoms with Crippen molar-refractivity contribution in [1.29, 1.82) is 0 Å². The molecular weight excluding hydrogens is 313 g/mol. The normalized spacial score (nSPS) is 10.3. The van der Waals surface area contributed by atoms with Gasteiger partial charge in [-0.1, -0.05) is 18.2 Å². The van der Waals surface area contributed by atoms with E-state index in [1.165, 1.54) is 18.2 Å². The fourth-order valence-electron chi connectivity index (χ4n) is 1.64. The Morgan fingerprint density at radius 1 is 1.26 bits per heavy atom. The van der Waals surface area contributed by atoms with E-state index in [-0.39, 0.29) is 12.5 Å². The third-order valence-electron chi connectivity index (χ3n) is 2.61. The van der Waals surface area contributed by atoms with Crippen LogP contribution in [0.2, 0.25) is 0 Å². The van der Waals surface area contributed by atoms with Gasteiger partial charge in [0.1, 0.15) is 5.82 Å². The summed E-state index contributed by atoms with van der Waals surface area (Å²) in [6, 6.07) is 10.8. The molecule has 0 heterocycles. The van der Waals surface area contributed by atoms with E-state index >= 15 is 0 Å². The number of aliphatic hydroxyl groups excluding tert-OH is 1. The van der Waals surface area contributed by atoms with Crippen molar-refractivity contribution in [2.75, 3.05) is 5.32 Å². The lowest BCUT2D eigenvalue weighted by Crippen LogP contribution is -2.14. The van der Waals surface area contributed by atoms with Crippen molar-refractivity contribution in [1.82, 2.24) is 0 Å². The number of hydrogen-bond donors (Lipinski definition) is 2. The molecule has 0 aliphatic heterocycles. The fraction of sp³-hybridized carbons (Fsp3) is 0.0714. The zero-order valence-corrected chi connectivity index (χ0v) is 11.4. The second kappa shape index (κ2) is 5.95. The predicted molar refractivity (Wildman–Crippen MR) is 74.4 cm³/mol. The van der Waals surface area contributed by atoms with Gasteiger partial charge in [0.25, 0.3) is 5.91 Å². The molecule has 0 fully saturated rings. The summed E-state index contributed by atoms with van der Waals surface area (Å²) < 4.78 is 13.3. The summed E-state index contributed by atoms with van der Waals surface area (Å²) in [6.07, 6.45) is 0. The van der Waals surface area contributed by atoms with Gasteiger partial charge in [0, 0.05) is 15.7 Å². The van der Waals surface area contributed by atoms with Crippen LogP contribution in [0.3, 0.4) is 0 Å². The Balaban J connectivity index is 2.26. The van der Waals surface area contributed by atoms with Gasteiger partial charge in [0.15, 0.2) is 0 Å². The Morgan fingerprint density at radius 3 is 2.68 bits per heavy atom. The molecule has 0 saturated heterocycles. The molecule has 3 nitrogen and oxygen atoms in total. The van der Waals surface area contributed by atoms with Crippen molar-refractivity contribution in [2.24, 2.45) is 0 Å². The maximum atomic E-state index is 13.0. The number of carbonyl (C=O) groups excluding carboxylic acids is 1. The van der Waals surface area contributed by atoms with E-state index in [9.17, 15) is 14.3 Å². The van der Waals surface area contributed by atoms with Crippen molar-refractivity contribution in [3.8, 4) is 0 Å². The number of rotatable bonds is 3. The standard InChI is InChI=1S/C14H11BrFNO2/c15-12-7-10(16)5-6-11(12)14(19)17-13-4-2-1-3-9(13)8-18/h1-7,18H,8H2,(H,17,19). The molecule has 0 aromatic heterocycles. The van der Waals surface area contributed by atoms with E-state index in [0.717, 1.165) is 0 Å². The average Bonchev–Trinajstić information content (AvgIpc) is 2.39. The first kappa shape index (κ1) is 13.7. The number of amides is 1. The highest BCUT2D eigenvalue weighted by Gasteiger charge is 2.12. The highest BCUT2D eigenvalue weighted by Crippen LogP contribution is 2.21. The summed E-state index contributed by atoms with van der Waals surface area (Å²) in [4.78, 5) is 12.1. The summed E-state index contributed by atoms with van der Waals surface area (Å²) >= 11 is 3.15. The minimum Gasteiger partial charge on any atom is -0.392 e. The van der Waals surface area contributed by atoms with E-state index in [2.05, 4.69) is 21.2 Å². The van der Waals surface area contributed by atoms with Crippen molar-refractivity contribution in [3.05, 3.63) is 63.9 Å². The van der Waals surface area contributed by atoms with Crippen LogP contribution in [-0.4, -0.2) is 11.0 Å². The van der Waals surface area contributed by atoms with Crippen molar-refractivity contribution < 1.29 is 14.3 Å². The monoisotopic (exact) mass is 323 g/mol. The molecule has 5 heteroatoms. The Labute approximate surface area is 118 Å². The number of aliphatic hydroxyl groups is 1. The largest absolute Gasteiger partial charge is 0.392 e. The molecule has 0 spiro atoms. The highest BCUT2D eigenvalue weighted by atomic mass is 79.9. The maximum absolute atomic E-state index is 13.0. The Kier molecular flexibility index (Phi) is 4.29. The van der Waals surface area contributed by atoms with E-state index in [1.54, 1.807) is 24.3 Å². The Hall–Kier alpha value is -1.72. The molecule has 0 unspecified atom stereocenters. The van der Waals surface area contributed by atoms with Crippen LogP contribution in [0.1, 0.15) is 15.9 Å². The van der Waals surface area contributed by atoms with Gasteiger partial charge in [0.2, 0.25) is 0 Å². The van der Waals surface area contributed by atoms with Crippen LogP contribution >= 0.6 is 15.9 Å². The Bertz CT molecular complexity index is 616. The van der Waals surface area contributed by atoms with Gasteiger partial charge in [-0.05, 0) is 40.2 Å². The maximum Gasteiger partial charge on any atom is 0.256 e. The van der Waals surface area contributed by atoms with Crippen molar-refractivity contribution in [2.45, 2.75) is 6.61 Å². The van der Waals surface area contributed by atoms with Gasteiger partial charge >= 0.3 is 0 Å². The molecule has 2 aromatic rings. The summed E-state index contributed by atoms with van der Waals surface area (Å²) in [5, 5.41) is 11.9. The van der Waals surface area contributed by atoms with Crippen LogP contribution in [0.15, 0.2) is 46.9 Å². The van der Waals surface area contributed by atoms with Gasteiger partial charge < -0.3 is 10.4 Å². The Morgan fingerprint density at radius 2 is 2.00 bits per heavy atom. The molecule has 98 valence electrons. The second-order valence-electron chi connectivity index (χ2n) is 3.89. The zero-order valence-electron chi connectivity index (χ0n) is 9.86. The minimum atomic E-state index is -0.417. The topological polar surface area (TPSA) is 49.3 Å². The van der Waals surface area contributed by atoms with Gasteiger partial charge in [-0.3, -0.25) is 4.79 Å². The molecular formula is C14H11BrFNO2. The molecule has 19 heavy (non-hydrogen) atoms. The first-order valence-electron chi connectivity index (χ1n) is 5.57. The molecule has 2 rings (SSSR count). The minimum absolute atomic E-state index is 0.166. The molecule has 0 aliphatic rings. The van der Waals surface area contributed by atoms with Gasteiger partial charge in [-0.2, -0.15) is 0 Å². The first-order chi connectivity index (χ1) is 9.11. The number of benzene rings is 2. The smallest absolute Gasteiger partial charge is 0.256 e. The van der Waals surface area contributed by atoms with Crippen LogP contribution in [0.4, 0.5) is 10.1 Å². The lowest BCUT2D eigenvalue weighted by atomic mass is 10.1. The number of hydrogen-bond acceptors (Lipinski definition) is 2. The third-order valence-corrected chi connectivity index (χ3v) is 3.27. The van der Waals surface area contributed by atoms with Crippen LogP contribution in [0.25, 0.3) is 0 Å². The summed E-state index contributed by atoms with van der Waals surface area (Å²) in [6.45, 7) is -0.166.